The maximum absolute atomic E-state index is 13.7. The van der Waals surface area contributed by atoms with Gasteiger partial charge in [0.05, 0.1) is 27.6 Å². The van der Waals surface area contributed by atoms with E-state index in [0.717, 1.165) is 12.1 Å². The van der Waals surface area contributed by atoms with E-state index in [4.69, 9.17) is 4.42 Å². The molecule has 0 amide bonds. The van der Waals surface area contributed by atoms with E-state index in [0.29, 0.717) is 11.5 Å². The van der Waals surface area contributed by atoms with Gasteiger partial charge in [-0.3, -0.25) is 10.1 Å². The summed E-state index contributed by atoms with van der Waals surface area (Å²) in [5, 5.41) is 10.9. The first-order chi connectivity index (χ1) is 10.6. The quantitative estimate of drug-likeness (QED) is 0.657. The third-order valence-corrected chi connectivity index (χ3v) is 4.66. The molecule has 1 heterocycles. The molecule has 0 fully saturated rings. The van der Waals surface area contributed by atoms with E-state index in [9.17, 15) is 22.9 Å². The molecule has 1 N–H and O–H groups in total. The normalized spacial score (nSPS) is 11.7. The Balaban J connectivity index is 2.30. The summed E-state index contributed by atoms with van der Waals surface area (Å²) in [4.78, 5) is 13.5. The van der Waals surface area contributed by atoms with E-state index in [1.807, 2.05) is 0 Å². The smallest absolute Gasteiger partial charge is 0.276 e. The average molecular weight is 343 g/mol. The molecule has 0 aliphatic heterocycles. The predicted molar refractivity (Wildman–Crippen MR) is 77.8 cm³/mol. The number of nitrogens with zero attached hydrogens (tertiary/aromatic N) is 2. The average Bonchev–Trinajstić information content (AvgIpc) is 2.78. The molecule has 0 radical (unpaired) electrons. The van der Waals surface area contributed by atoms with Crippen molar-refractivity contribution in [1.82, 2.24) is 9.71 Å². The highest BCUT2D eigenvalue weighted by molar-refractivity contribution is 7.89. The van der Waals surface area contributed by atoms with Crippen molar-refractivity contribution in [2.75, 3.05) is 0 Å². The van der Waals surface area contributed by atoms with Crippen molar-refractivity contribution in [2.45, 2.75) is 32.2 Å². The number of aromatic nitrogens is 1. The first-order valence-corrected chi connectivity index (χ1v) is 7.97. The van der Waals surface area contributed by atoms with E-state index in [1.165, 1.54) is 6.92 Å². The molecular weight excluding hydrogens is 329 g/mol. The molecule has 1 aromatic heterocycles. The van der Waals surface area contributed by atoms with Crippen LogP contribution in [0.4, 0.5) is 10.1 Å². The molecular formula is C13H14FN3O5S. The summed E-state index contributed by atoms with van der Waals surface area (Å²) in [6.45, 7) is 4.34. The fourth-order valence-electron chi connectivity index (χ4n) is 1.84. The zero-order valence-electron chi connectivity index (χ0n) is 12.6. The molecule has 0 spiro atoms. The Morgan fingerprint density at radius 3 is 2.52 bits per heavy atom. The number of halogens is 1. The highest BCUT2D eigenvalue weighted by Gasteiger charge is 2.23. The first-order valence-electron chi connectivity index (χ1n) is 6.49. The molecule has 0 saturated heterocycles. The molecule has 23 heavy (non-hydrogen) atoms. The summed E-state index contributed by atoms with van der Waals surface area (Å²) in [5.74, 6) is -0.274. The van der Waals surface area contributed by atoms with Gasteiger partial charge in [0.15, 0.2) is 0 Å². The van der Waals surface area contributed by atoms with Crippen molar-refractivity contribution < 1.29 is 22.1 Å². The van der Waals surface area contributed by atoms with Crippen LogP contribution in [0.25, 0.3) is 0 Å². The third-order valence-electron chi connectivity index (χ3n) is 3.28. The van der Waals surface area contributed by atoms with Crippen LogP contribution in [0.1, 0.15) is 22.9 Å². The minimum atomic E-state index is -4.15. The second-order valence-corrected chi connectivity index (χ2v) is 6.65. The lowest BCUT2D eigenvalue weighted by Crippen LogP contribution is -2.23. The maximum atomic E-state index is 13.7. The third kappa shape index (κ3) is 3.54. The molecule has 0 bridgehead atoms. The highest BCUT2D eigenvalue weighted by Crippen LogP contribution is 2.25. The van der Waals surface area contributed by atoms with E-state index in [2.05, 4.69) is 9.71 Å². The Bertz CT molecular complexity index is 856. The second kappa shape index (κ2) is 6.05. The van der Waals surface area contributed by atoms with Gasteiger partial charge < -0.3 is 4.42 Å². The van der Waals surface area contributed by atoms with Crippen molar-refractivity contribution in [3.8, 4) is 0 Å². The Hall–Kier alpha value is -2.33. The first kappa shape index (κ1) is 17.0. The van der Waals surface area contributed by atoms with E-state index < -0.39 is 31.3 Å². The molecule has 8 nitrogen and oxygen atoms in total. The fraction of sp³-hybridized carbons (Fsp3) is 0.308. The Labute approximate surface area is 131 Å². The van der Waals surface area contributed by atoms with Gasteiger partial charge in [-0.1, -0.05) is 0 Å². The van der Waals surface area contributed by atoms with Gasteiger partial charge in [0, 0.05) is 6.07 Å². The lowest BCUT2D eigenvalue weighted by molar-refractivity contribution is -0.385. The molecule has 2 aromatic rings. The number of sulfonamides is 1. The van der Waals surface area contributed by atoms with Crippen LogP contribution in [-0.4, -0.2) is 18.3 Å². The summed E-state index contributed by atoms with van der Waals surface area (Å²) >= 11 is 0. The number of aryl methyl sites for hydroxylation is 2. The van der Waals surface area contributed by atoms with Crippen molar-refractivity contribution in [3.05, 3.63) is 51.0 Å². The van der Waals surface area contributed by atoms with Crippen LogP contribution in [0.2, 0.25) is 0 Å². The molecule has 2 rings (SSSR count). The molecule has 10 heteroatoms. The molecule has 124 valence electrons. The summed E-state index contributed by atoms with van der Waals surface area (Å²) in [6, 6.07) is 1.55. The topological polar surface area (TPSA) is 115 Å². The van der Waals surface area contributed by atoms with Gasteiger partial charge in [0.2, 0.25) is 15.9 Å². The van der Waals surface area contributed by atoms with Crippen LogP contribution in [0.5, 0.6) is 0 Å². The van der Waals surface area contributed by atoms with Crippen LogP contribution in [0.15, 0.2) is 21.4 Å². The zero-order valence-corrected chi connectivity index (χ0v) is 13.4. The van der Waals surface area contributed by atoms with Crippen molar-refractivity contribution >= 4 is 15.7 Å². The highest BCUT2D eigenvalue weighted by atomic mass is 32.2. The van der Waals surface area contributed by atoms with Gasteiger partial charge in [0.1, 0.15) is 11.6 Å². The summed E-state index contributed by atoms with van der Waals surface area (Å²) in [5.41, 5.74) is -0.211. The molecule has 0 saturated carbocycles. The molecule has 0 aliphatic rings. The lowest BCUT2D eigenvalue weighted by atomic mass is 10.2. The number of hydrogen-bond acceptors (Lipinski definition) is 6. The second-order valence-electron chi connectivity index (χ2n) is 4.88. The van der Waals surface area contributed by atoms with Gasteiger partial charge >= 0.3 is 0 Å². The number of benzene rings is 1. The Kier molecular flexibility index (Phi) is 4.48. The van der Waals surface area contributed by atoms with Crippen LogP contribution >= 0.6 is 0 Å². The lowest BCUT2D eigenvalue weighted by Gasteiger charge is -2.07. The van der Waals surface area contributed by atoms with Gasteiger partial charge in [-0.25, -0.2) is 22.5 Å². The van der Waals surface area contributed by atoms with Gasteiger partial charge in [-0.15, -0.1) is 0 Å². The van der Waals surface area contributed by atoms with E-state index in [-0.39, 0.29) is 18.0 Å². The summed E-state index contributed by atoms with van der Waals surface area (Å²) in [6.07, 6.45) is 0. The minimum Gasteiger partial charge on any atom is -0.444 e. The maximum Gasteiger partial charge on any atom is 0.276 e. The number of nitro benzene ring substituents is 1. The van der Waals surface area contributed by atoms with Gasteiger partial charge in [-0.05, 0) is 26.8 Å². The van der Waals surface area contributed by atoms with Crippen LogP contribution in [-0.2, 0) is 16.6 Å². The summed E-state index contributed by atoms with van der Waals surface area (Å²) < 4.78 is 45.5. The number of rotatable bonds is 5. The molecule has 0 unspecified atom stereocenters. The predicted octanol–water partition coefficient (Wildman–Crippen LogP) is 2.13. The fourth-order valence-corrected chi connectivity index (χ4v) is 2.85. The number of hydrogen-bond donors (Lipinski definition) is 1. The Morgan fingerprint density at radius 1 is 1.35 bits per heavy atom. The number of nitrogens with one attached hydrogen (secondary N) is 1. The van der Waals surface area contributed by atoms with E-state index in [1.54, 1.807) is 13.8 Å². The van der Waals surface area contributed by atoms with Crippen LogP contribution in [0.3, 0.4) is 0 Å². The van der Waals surface area contributed by atoms with Crippen LogP contribution in [0, 0.1) is 36.7 Å². The summed E-state index contributed by atoms with van der Waals surface area (Å²) in [7, 11) is -4.15. The van der Waals surface area contributed by atoms with Crippen molar-refractivity contribution in [3.63, 3.8) is 0 Å². The van der Waals surface area contributed by atoms with E-state index >= 15 is 0 Å². The van der Waals surface area contributed by atoms with Crippen molar-refractivity contribution in [2.24, 2.45) is 0 Å². The monoisotopic (exact) mass is 343 g/mol. The number of oxazole rings is 1. The largest absolute Gasteiger partial charge is 0.444 e. The Morgan fingerprint density at radius 2 is 2.00 bits per heavy atom. The molecule has 0 aliphatic carbocycles. The van der Waals surface area contributed by atoms with Gasteiger partial charge in [-0.2, -0.15) is 0 Å². The van der Waals surface area contributed by atoms with Crippen molar-refractivity contribution in [1.29, 1.82) is 0 Å². The molecule has 0 atom stereocenters. The van der Waals surface area contributed by atoms with Gasteiger partial charge in [0.25, 0.3) is 5.69 Å². The SMILES string of the molecule is Cc1nc(CNS(=O)(=O)c2cc(F)c(C)c([N+](=O)[O-])c2)oc1C. The standard InChI is InChI=1S/C13H14FN3O5S/c1-7-11(14)4-10(5-12(7)17(18)19)23(20,21)15-6-13-16-8(2)9(3)22-13/h4-5,15H,6H2,1-3H3. The number of nitro groups is 1. The zero-order chi connectivity index (χ0) is 17.4. The van der Waals surface area contributed by atoms with Crippen LogP contribution < -0.4 is 4.72 Å². The molecule has 1 aromatic carbocycles. The minimum absolute atomic E-state index is 0.144.